The van der Waals surface area contributed by atoms with Crippen LogP contribution in [0.25, 0.3) is 11.4 Å². The molecule has 3 heterocycles. The monoisotopic (exact) mass is 588 g/mol. The van der Waals surface area contributed by atoms with Crippen molar-refractivity contribution in [1.82, 2.24) is 25.1 Å². The van der Waals surface area contributed by atoms with Crippen molar-refractivity contribution in [3.63, 3.8) is 0 Å². The van der Waals surface area contributed by atoms with Crippen LogP contribution in [-0.2, 0) is 0 Å². The van der Waals surface area contributed by atoms with E-state index in [9.17, 15) is 18.4 Å². The molecule has 9 nitrogen and oxygen atoms in total. The Balaban J connectivity index is 1.19. The molecule has 224 valence electrons. The van der Waals surface area contributed by atoms with Gasteiger partial charge in [0.1, 0.15) is 11.6 Å². The molecule has 2 aromatic carbocycles. The second kappa shape index (κ2) is 13.6. The Bertz CT molecular complexity index is 1600. The van der Waals surface area contributed by atoms with Gasteiger partial charge in [0.25, 0.3) is 11.8 Å². The van der Waals surface area contributed by atoms with Crippen LogP contribution < -0.4 is 15.4 Å². The first-order valence-electron chi connectivity index (χ1n) is 14.1. The van der Waals surface area contributed by atoms with Gasteiger partial charge in [-0.1, -0.05) is 6.07 Å². The number of aromatic nitrogens is 2. The molecular weight excluding hydrogens is 554 g/mol. The van der Waals surface area contributed by atoms with Gasteiger partial charge in [-0.3, -0.25) is 14.6 Å². The number of hydrogen-bond acceptors (Lipinski definition) is 6. The number of nitrogens with zero attached hydrogens (tertiary/aromatic N) is 3. The molecule has 2 amide bonds. The lowest BCUT2D eigenvalue weighted by Gasteiger charge is -2.32. The average molecular weight is 589 g/mol. The Morgan fingerprint density at radius 3 is 2.56 bits per heavy atom. The third-order valence-corrected chi connectivity index (χ3v) is 7.28. The predicted molar refractivity (Wildman–Crippen MR) is 160 cm³/mol. The van der Waals surface area contributed by atoms with Crippen LogP contribution in [0.4, 0.5) is 14.5 Å². The maximum Gasteiger partial charge on any atom is 0.255 e. The highest BCUT2D eigenvalue weighted by molar-refractivity contribution is 6.04. The van der Waals surface area contributed by atoms with Gasteiger partial charge in [-0.25, -0.2) is 8.78 Å². The van der Waals surface area contributed by atoms with Crippen molar-refractivity contribution in [3.05, 3.63) is 95.3 Å². The average Bonchev–Trinajstić information content (AvgIpc) is 3.50. The number of hydrogen-bond donors (Lipinski definition) is 3. The molecule has 1 aliphatic heterocycles. The van der Waals surface area contributed by atoms with Gasteiger partial charge in [0.05, 0.1) is 22.6 Å². The fraction of sp³-hybridized carbons (Fsp3) is 0.281. The van der Waals surface area contributed by atoms with E-state index in [0.717, 1.165) is 50.8 Å². The summed E-state index contributed by atoms with van der Waals surface area (Å²) in [6, 6.07) is 12.9. The second-order valence-corrected chi connectivity index (χ2v) is 10.6. The molecule has 43 heavy (non-hydrogen) atoms. The number of pyridine rings is 1. The maximum absolute atomic E-state index is 14.6. The summed E-state index contributed by atoms with van der Waals surface area (Å²) in [5.74, 6) is -1.96. The minimum absolute atomic E-state index is 0.0280. The van der Waals surface area contributed by atoms with Crippen LogP contribution in [0.1, 0.15) is 32.7 Å². The molecule has 2 aromatic heterocycles. The summed E-state index contributed by atoms with van der Waals surface area (Å²) in [5.41, 5.74) is 2.44. The summed E-state index contributed by atoms with van der Waals surface area (Å²) in [5, 5.41) is 5.47. The maximum atomic E-state index is 14.6. The zero-order chi connectivity index (χ0) is 30.3. The topological polar surface area (TPSA) is 103 Å². The molecule has 0 unspecified atom stereocenters. The van der Waals surface area contributed by atoms with Gasteiger partial charge in [-0.05, 0) is 75.0 Å². The number of carbonyl (C=O) groups excluding carboxylic acids is 2. The van der Waals surface area contributed by atoms with Gasteiger partial charge in [-0.15, -0.1) is 0 Å². The molecule has 3 N–H and O–H groups in total. The van der Waals surface area contributed by atoms with Crippen LogP contribution in [-0.4, -0.2) is 77.9 Å². The molecule has 0 saturated carbocycles. The predicted octanol–water partition coefficient (Wildman–Crippen LogP) is 5.08. The lowest BCUT2D eigenvalue weighted by molar-refractivity contribution is 0.0948. The zero-order valence-corrected chi connectivity index (χ0v) is 24.1. The summed E-state index contributed by atoms with van der Waals surface area (Å²) in [6.07, 6.45) is 3.98. The second-order valence-electron chi connectivity index (χ2n) is 10.6. The van der Waals surface area contributed by atoms with Crippen LogP contribution in [0.2, 0.25) is 0 Å². The highest BCUT2D eigenvalue weighted by Gasteiger charge is 2.16. The van der Waals surface area contributed by atoms with Gasteiger partial charge in [0, 0.05) is 56.7 Å². The number of likely N-dealkylation sites (N-methyl/N-ethyl adjacent to an activating group) is 1. The number of anilines is 1. The van der Waals surface area contributed by atoms with Crippen molar-refractivity contribution in [2.24, 2.45) is 0 Å². The minimum Gasteiger partial charge on any atom is -0.454 e. The van der Waals surface area contributed by atoms with Gasteiger partial charge >= 0.3 is 0 Å². The Morgan fingerprint density at radius 1 is 0.953 bits per heavy atom. The first-order chi connectivity index (χ1) is 20.7. The number of halogens is 2. The molecule has 0 bridgehead atoms. The van der Waals surface area contributed by atoms with E-state index in [-0.39, 0.29) is 28.7 Å². The van der Waals surface area contributed by atoms with Gasteiger partial charge in [-0.2, -0.15) is 0 Å². The van der Waals surface area contributed by atoms with E-state index in [2.05, 4.69) is 37.4 Å². The van der Waals surface area contributed by atoms with Crippen LogP contribution in [0.15, 0.2) is 67.0 Å². The lowest BCUT2D eigenvalue weighted by atomic mass is 10.1. The molecule has 11 heteroatoms. The molecule has 1 aliphatic rings. The Kier molecular flexibility index (Phi) is 9.43. The van der Waals surface area contributed by atoms with Gasteiger partial charge in [0.15, 0.2) is 11.6 Å². The van der Waals surface area contributed by atoms with Gasteiger partial charge in [0.2, 0.25) is 0 Å². The fourth-order valence-electron chi connectivity index (χ4n) is 4.75. The van der Waals surface area contributed by atoms with E-state index in [1.54, 1.807) is 37.4 Å². The van der Waals surface area contributed by atoms with Crippen molar-refractivity contribution < 1.29 is 23.1 Å². The quantitative estimate of drug-likeness (QED) is 0.224. The molecule has 5 rings (SSSR count). The molecule has 0 aliphatic carbocycles. The lowest BCUT2D eigenvalue weighted by Crippen LogP contribution is -2.45. The van der Waals surface area contributed by atoms with Crippen LogP contribution in [0.5, 0.6) is 11.5 Å². The standard InChI is InChI=1S/C32H34F2N6O3/c1-21-4-6-25(33)27(16-21)38-32(42)22-5-7-26(34)30(18-22)43-24-8-10-35-29(19-24)28-17-23(20-37-28)31(41)36-9-3-11-40-14-12-39(2)13-15-40/h4-8,10,16-20,37H,3,9,11-15H2,1-2H3,(H,36,41)(H,38,42). The molecular formula is C32H34F2N6O3. The summed E-state index contributed by atoms with van der Waals surface area (Å²) in [7, 11) is 2.13. The Labute approximate surface area is 248 Å². The van der Waals surface area contributed by atoms with Crippen molar-refractivity contribution >= 4 is 17.5 Å². The number of rotatable bonds is 10. The minimum atomic E-state index is -0.678. The van der Waals surface area contributed by atoms with E-state index in [0.29, 0.717) is 23.5 Å². The van der Waals surface area contributed by atoms with Crippen LogP contribution in [0.3, 0.4) is 0 Å². The van der Waals surface area contributed by atoms with Crippen molar-refractivity contribution in [1.29, 1.82) is 0 Å². The number of H-pyrrole nitrogens is 1. The summed E-state index contributed by atoms with van der Waals surface area (Å²) in [4.78, 5) is 37.5. The van der Waals surface area contributed by atoms with E-state index in [1.807, 2.05) is 0 Å². The SMILES string of the molecule is Cc1ccc(F)c(NC(=O)c2ccc(F)c(Oc3ccnc(-c4cc(C(=O)NCCCN5CCN(C)CC5)c[nH]4)c3)c2)c1. The molecule has 1 saturated heterocycles. The van der Waals surface area contributed by atoms with Crippen molar-refractivity contribution in [2.45, 2.75) is 13.3 Å². The van der Waals surface area contributed by atoms with E-state index < -0.39 is 17.5 Å². The number of aryl methyl sites for hydroxylation is 1. The van der Waals surface area contributed by atoms with E-state index in [1.165, 1.54) is 30.5 Å². The van der Waals surface area contributed by atoms with Crippen LogP contribution in [0, 0.1) is 18.6 Å². The number of ether oxygens (including phenoxy) is 1. The van der Waals surface area contributed by atoms with Crippen molar-refractivity contribution in [3.8, 4) is 22.9 Å². The summed E-state index contributed by atoms with van der Waals surface area (Å²) >= 11 is 0. The highest BCUT2D eigenvalue weighted by atomic mass is 19.1. The molecule has 0 atom stereocenters. The smallest absolute Gasteiger partial charge is 0.255 e. The number of aromatic amines is 1. The fourth-order valence-corrected chi connectivity index (χ4v) is 4.75. The first-order valence-corrected chi connectivity index (χ1v) is 14.1. The number of piperazine rings is 1. The molecule has 0 radical (unpaired) electrons. The van der Waals surface area contributed by atoms with E-state index >= 15 is 0 Å². The normalized spacial score (nSPS) is 14.0. The number of nitrogens with one attached hydrogen (secondary N) is 3. The Morgan fingerprint density at radius 2 is 1.74 bits per heavy atom. The molecule has 1 fully saturated rings. The number of benzene rings is 2. The third kappa shape index (κ3) is 7.82. The number of amides is 2. The van der Waals surface area contributed by atoms with Crippen LogP contribution >= 0.6 is 0 Å². The largest absolute Gasteiger partial charge is 0.454 e. The highest BCUT2D eigenvalue weighted by Crippen LogP contribution is 2.29. The van der Waals surface area contributed by atoms with Gasteiger partial charge < -0.3 is 30.2 Å². The molecule has 4 aromatic rings. The zero-order valence-electron chi connectivity index (χ0n) is 24.1. The Hall–Kier alpha value is -4.61. The first kappa shape index (κ1) is 29.9. The van der Waals surface area contributed by atoms with Crippen molar-refractivity contribution in [2.75, 3.05) is 51.6 Å². The third-order valence-electron chi connectivity index (χ3n) is 7.28. The summed E-state index contributed by atoms with van der Waals surface area (Å²) in [6.45, 7) is 7.52. The molecule has 0 spiro atoms. The van der Waals surface area contributed by atoms with E-state index in [4.69, 9.17) is 4.74 Å². The number of carbonyl (C=O) groups is 2. The summed E-state index contributed by atoms with van der Waals surface area (Å²) < 4.78 is 34.5.